The van der Waals surface area contributed by atoms with Gasteiger partial charge in [-0.3, -0.25) is 0 Å². The first-order valence-corrected chi connectivity index (χ1v) is 8.36. The van der Waals surface area contributed by atoms with Gasteiger partial charge < -0.3 is 14.4 Å². The molecule has 0 bridgehead atoms. The number of rotatable bonds is 4. The Balaban J connectivity index is 1.54. The fraction of sp³-hybridized carbons (Fsp3) is 0.316. The van der Waals surface area contributed by atoms with E-state index in [4.69, 9.17) is 4.42 Å². The van der Waals surface area contributed by atoms with E-state index in [2.05, 4.69) is 4.98 Å². The second kappa shape index (κ2) is 6.44. The molecule has 4 nitrogen and oxygen atoms in total. The summed E-state index contributed by atoms with van der Waals surface area (Å²) in [5, 5.41) is 10.5. The molecule has 1 aromatic heterocycles. The summed E-state index contributed by atoms with van der Waals surface area (Å²) in [7, 11) is 0. The Morgan fingerprint density at radius 3 is 2.72 bits per heavy atom. The zero-order valence-corrected chi connectivity index (χ0v) is 13.5. The SMILES string of the molecule is O[C@H](C[C@@H]1CCCN1c1nc2cc(F)ccc2o1)c1ccc(F)cc1. The van der Waals surface area contributed by atoms with Crippen LogP contribution in [-0.4, -0.2) is 22.7 Å². The molecule has 1 aliphatic heterocycles. The monoisotopic (exact) mass is 344 g/mol. The smallest absolute Gasteiger partial charge is 0.298 e. The molecule has 6 heteroatoms. The van der Waals surface area contributed by atoms with Gasteiger partial charge in [-0.25, -0.2) is 8.78 Å². The van der Waals surface area contributed by atoms with E-state index in [9.17, 15) is 13.9 Å². The van der Waals surface area contributed by atoms with Gasteiger partial charge in [0.05, 0.1) is 6.10 Å². The highest BCUT2D eigenvalue weighted by Crippen LogP contribution is 2.33. The van der Waals surface area contributed by atoms with Gasteiger partial charge in [-0.15, -0.1) is 0 Å². The van der Waals surface area contributed by atoms with Gasteiger partial charge >= 0.3 is 0 Å². The summed E-state index contributed by atoms with van der Waals surface area (Å²) in [6.07, 6.45) is 1.69. The Morgan fingerprint density at radius 2 is 1.92 bits per heavy atom. The van der Waals surface area contributed by atoms with Crippen LogP contribution in [0, 0.1) is 11.6 Å². The summed E-state index contributed by atoms with van der Waals surface area (Å²) in [5.41, 5.74) is 1.72. The first-order valence-electron chi connectivity index (χ1n) is 8.36. The molecule has 1 saturated heterocycles. The van der Waals surface area contributed by atoms with Crippen molar-refractivity contribution < 1.29 is 18.3 Å². The topological polar surface area (TPSA) is 49.5 Å². The molecule has 3 aromatic rings. The molecule has 4 rings (SSSR count). The van der Waals surface area contributed by atoms with Gasteiger partial charge in [-0.2, -0.15) is 4.98 Å². The molecular formula is C19H18F2N2O2. The van der Waals surface area contributed by atoms with Crippen molar-refractivity contribution in [3.8, 4) is 0 Å². The largest absolute Gasteiger partial charge is 0.423 e. The van der Waals surface area contributed by atoms with E-state index in [1.165, 1.54) is 24.3 Å². The Labute approximate surface area is 143 Å². The molecular weight excluding hydrogens is 326 g/mol. The predicted molar refractivity (Wildman–Crippen MR) is 90.3 cm³/mol. The second-order valence-corrected chi connectivity index (χ2v) is 6.40. The molecule has 0 unspecified atom stereocenters. The van der Waals surface area contributed by atoms with Crippen molar-refractivity contribution in [2.75, 3.05) is 11.4 Å². The fourth-order valence-electron chi connectivity index (χ4n) is 3.42. The van der Waals surface area contributed by atoms with Gasteiger partial charge in [0.15, 0.2) is 5.58 Å². The number of oxazole rings is 1. The molecule has 25 heavy (non-hydrogen) atoms. The van der Waals surface area contributed by atoms with Gasteiger partial charge in [-0.1, -0.05) is 12.1 Å². The van der Waals surface area contributed by atoms with Crippen LogP contribution in [0.2, 0.25) is 0 Å². The van der Waals surface area contributed by atoms with Crippen LogP contribution in [0.25, 0.3) is 11.1 Å². The third-order valence-electron chi connectivity index (χ3n) is 4.71. The molecule has 0 spiro atoms. The molecule has 2 aromatic carbocycles. The number of fused-ring (bicyclic) bond motifs is 1. The number of anilines is 1. The Morgan fingerprint density at radius 1 is 1.16 bits per heavy atom. The molecule has 0 saturated carbocycles. The van der Waals surface area contributed by atoms with Gasteiger partial charge in [0.1, 0.15) is 17.2 Å². The van der Waals surface area contributed by atoms with Gasteiger partial charge in [0, 0.05) is 18.7 Å². The quantitative estimate of drug-likeness (QED) is 0.771. The van der Waals surface area contributed by atoms with Gasteiger partial charge in [0.25, 0.3) is 6.01 Å². The fourth-order valence-corrected chi connectivity index (χ4v) is 3.42. The van der Waals surface area contributed by atoms with Gasteiger partial charge in [-0.05, 0) is 49.1 Å². The number of nitrogens with zero attached hydrogens (tertiary/aromatic N) is 2. The summed E-state index contributed by atoms with van der Waals surface area (Å²) in [4.78, 5) is 6.40. The number of aliphatic hydroxyl groups excluding tert-OH is 1. The van der Waals surface area contributed by atoms with E-state index < -0.39 is 6.10 Å². The summed E-state index contributed by atoms with van der Waals surface area (Å²) >= 11 is 0. The molecule has 2 heterocycles. The summed E-state index contributed by atoms with van der Waals surface area (Å²) in [6.45, 7) is 0.774. The summed E-state index contributed by atoms with van der Waals surface area (Å²) in [6, 6.07) is 10.7. The van der Waals surface area contributed by atoms with Crippen LogP contribution < -0.4 is 4.90 Å². The average Bonchev–Trinajstić information content (AvgIpc) is 3.21. The van der Waals surface area contributed by atoms with Crippen molar-refractivity contribution in [3.05, 3.63) is 59.7 Å². The maximum atomic E-state index is 13.3. The van der Waals surface area contributed by atoms with Crippen molar-refractivity contribution in [2.24, 2.45) is 0 Å². The van der Waals surface area contributed by atoms with Crippen molar-refractivity contribution in [1.82, 2.24) is 4.98 Å². The van der Waals surface area contributed by atoms with E-state index >= 15 is 0 Å². The number of hydrogen-bond acceptors (Lipinski definition) is 4. The summed E-state index contributed by atoms with van der Waals surface area (Å²) in [5.74, 6) is -0.672. The second-order valence-electron chi connectivity index (χ2n) is 6.40. The first kappa shape index (κ1) is 16.0. The third-order valence-corrected chi connectivity index (χ3v) is 4.71. The van der Waals surface area contributed by atoms with Crippen LogP contribution in [0.3, 0.4) is 0 Å². The lowest BCUT2D eigenvalue weighted by Crippen LogP contribution is -2.31. The molecule has 0 amide bonds. The van der Waals surface area contributed by atoms with E-state index in [1.807, 2.05) is 4.90 Å². The molecule has 1 aliphatic rings. The molecule has 0 radical (unpaired) electrons. The van der Waals surface area contributed by atoms with Crippen molar-refractivity contribution in [3.63, 3.8) is 0 Å². The van der Waals surface area contributed by atoms with Crippen LogP contribution in [-0.2, 0) is 0 Å². The first-order chi connectivity index (χ1) is 12.1. The van der Waals surface area contributed by atoms with Crippen LogP contribution in [0.1, 0.15) is 30.9 Å². The molecule has 2 atom stereocenters. The Hall–Kier alpha value is -2.47. The highest BCUT2D eigenvalue weighted by molar-refractivity contribution is 5.74. The van der Waals surface area contributed by atoms with Crippen LogP contribution in [0.5, 0.6) is 0 Å². The Kier molecular flexibility index (Phi) is 4.13. The third kappa shape index (κ3) is 3.22. The standard InChI is InChI=1S/C19H18F2N2O2/c20-13-5-3-12(4-6-13)17(24)11-15-2-1-9-23(15)19-22-16-10-14(21)7-8-18(16)25-19/h3-8,10,15,17,24H,1-2,9,11H2/t15-,17+/m0/s1. The lowest BCUT2D eigenvalue weighted by atomic mass is 10.0. The number of aromatic nitrogens is 1. The predicted octanol–water partition coefficient (Wildman–Crippen LogP) is 4.20. The average molecular weight is 344 g/mol. The minimum absolute atomic E-state index is 0.0676. The van der Waals surface area contributed by atoms with Crippen molar-refractivity contribution in [2.45, 2.75) is 31.4 Å². The molecule has 1 fully saturated rings. The van der Waals surface area contributed by atoms with Crippen LogP contribution >= 0.6 is 0 Å². The van der Waals surface area contributed by atoms with Crippen molar-refractivity contribution in [1.29, 1.82) is 0 Å². The zero-order chi connectivity index (χ0) is 17.4. The minimum Gasteiger partial charge on any atom is -0.423 e. The zero-order valence-electron chi connectivity index (χ0n) is 13.5. The van der Waals surface area contributed by atoms with E-state index in [-0.39, 0.29) is 17.7 Å². The van der Waals surface area contributed by atoms with Crippen molar-refractivity contribution >= 4 is 17.1 Å². The maximum Gasteiger partial charge on any atom is 0.298 e. The number of hydrogen-bond donors (Lipinski definition) is 1. The van der Waals surface area contributed by atoms with E-state index in [1.54, 1.807) is 18.2 Å². The minimum atomic E-state index is -0.687. The molecule has 1 N–H and O–H groups in total. The number of aliphatic hydroxyl groups is 1. The lowest BCUT2D eigenvalue weighted by molar-refractivity contribution is 0.157. The number of benzene rings is 2. The maximum absolute atomic E-state index is 13.3. The molecule has 0 aliphatic carbocycles. The van der Waals surface area contributed by atoms with E-state index in [0.717, 1.165) is 19.4 Å². The van der Waals surface area contributed by atoms with Gasteiger partial charge in [0.2, 0.25) is 0 Å². The van der Waals surface area contributed by atoms with E-state index in [0.29, 0.717) is 29.1 Å². The Bertz CT molecular complexity index is 879. The van der Waals surface area contributed by atoms with Crippen LogP contribution in [0.4, 0.5) is 14.8 Å². The van der Waals surface area contributed by atoms with Crippen LogP contribution in [0.15, 0.2) is 46.9 Å². The normalized spacial score (nSPS) is 18.8. The summed E-state index contributed by atoms with van der Waals surface area (Å²) < 4.78 is 32.1. The highest BCUT2D eigenvalue weighted by atomic mass is 19.1. The highest BCUT2D eigenvalue weighted by Gasteiger charge is 2.30. The lowest BCUT2D eigenvalue weighted by Gasteiger charge is -2.25. The number of halogens is 2. The molecule has 130 valence electrons.